The molecule has 7 heteroatoms. The van der Waals surface area contributed by atoms with Crippen molar-refractivity contribution in [1.29, 1.82) is 0 Å². The Balaban J connectivity index is 2.40. The summed E-state index contributed by atoms with van der Waals surface area (Å²) in [5, 5.41) is 0.780. The first-order valence-corrected chi connectivity index (χ1v) is 7.98. The van der Waals surface area contributed by atoms with Crippen molar-refractivity contribution in [3.63, 3.8) is 0 Å². The van der Waals surface area contributed by atoms with Crippen molar-refractivity contribution in [3.8, 4) is 5.69 Å². The van der Waals surface area contributed by atoms with Gasteiger partial charge in [-0.05, 0) is 34.1 Å². The fourth-order valence-corrected chi connectivity index (χ4v) is 3.04. The summed E-state index contributed by atoms with van der Waals surface area (Å²) in [6, 6.07) is 8.23. The van der Waals surface area contributed by atoms with E-state index in [4.69, 9.17) is 34.8 Å². The lowest BCUT2D eigenvalue weighted by Gasteiger charge is -2.11. The van der Waals surface area contributed by atoms with Gasteiger partial charge in [-0.1, -0.05) is 29.3 Å². The molecule has 0 fully saturated rings. The van der Waals surface area contributed by atoms with Gasteiger partial charge in [0.25, 0.3) is 0 Å². The Morgan fingerprint density at radius 1 is 1.24 bits per heavy atom. The quantitative estimate of drug-likeness (QED) is 0.478. The molecular weight excluding hydrogens is 401 g/mol. The third-order valence-corrected chi connectivity index (χ3v) is 4.71. The number of imidazole rings is 1. The molecule has 0 radical (unpaired) electrons. The molecule has 108 valence electrons. The summed E-state index contributed by atoms with van der Waals surface area (Å²) >= 11 is 21.4. The molecule has 0 spiro atoms. The van der Waals surface area contributed by atoms with Gasteiger partial charge in [-0.3, -0.25) is 4.57 Å². The van der Waals surface area contributed by atoms with Crippen molar-refractivity contribution in [2.75, 3.05) is 0 Å². The summed E-state index contributed by atoms with van der Waals surface area (Å²) in [6.45, 7) is 0. The van der Waals surface area contributed by atoms with Gasteiger partial charge in [0.15, 0.2) is 0 Å². The van der Waals surface area contributed by atoms with Crippen LogP contribution in [0.2, 0.25) is 10.0 Å². The summed E-state index contributed by atoms with van der Waals surface area (Å²) in [5.74, 6) is 0.341. The summed E-state index contributed by atoms with van der Waals surface area (Å²) in [7, 11) is 0. The van der Waals surface area contributed by atoms with E-state index in [0.29, 0.717) is 37.1 Å². The van der Waals surface area contributed by atoms with E-state index in [2.05, 4.69) is 20.9 Å². The van der Waals surface area contributed by atoms with Gasteiger partial charge >= 0.3 is 0 Å². The summed E-state index contributed by atoms with van der Waals surface area (Å²) in [6.07, 6.45) is 0. The third-order valence-electron chi connectivity index (χ3n) is 3.06. The van der Waals surface area contributed by atoms with E-state index in [1.165, 1.54) is 6.07 Å². The lowest BCUT2D eigenvalue weighted by molar-refractivity contribution is 0.622. The number of halogens is 5. The molecular formula is C14H7BrCl3FN2. The van der Waals surface area contributed by atoms with Crippen LogP contribution in [-0.2, 0) is 5.88 Å². The van der Waals surface area contributed by atoms with Gasteiger partial charge in [0.05, 0.1) is 37.1 Å². The van der Waals surface area contributed by atoms with Gasteiger partial charge < -0.3 is 0 Å². The lowest BCUT2D eigenvalue weighted by atomic mass is 10.2. The van der Waals surface area contributed by atoms with Gasteiger partial charge in [0.2, 0.25) is 0 Å². The predicted octanol–water partition coefficient (Wildman–Crippen LogP) is 5.97. The number of hydrogen-bond acceptors (Lipinski definition) is 1. The van der Waals surface area contributed by atoms with E-state index in [1.807, 2.05) is 0 Å². The Hall–Kier alpha value is -0.810. The van der Waals surface area contributed by atoms with Crippen LogP contribution in [0.3, 0.4) is 0 Å². The molecule has 0 unspecified atom stereocenters. The number of fused-ring (bicyclic) bond motifs is 1. The largest absolute Gasteiger partial charge is 0.294 e. The first-order chi connectivity index (χ1) is 10.0. The molecule has 3 rings (SSSR count). The van der Waals surface area contributed by atoms with E-state index in [1.54, 1.807) is 28.8 Å². The van der Waals surface area contributed by atoms with Crippen LogP contribution >= 0.6 is 50.7 Å². The molecule has 0 aliphatic heterocycles. The molecule has 3 aromatic rings. The van der Waals surface area contributed by atoms with Crippen molar-refractivity contribution in [2.24, 2.45) is 0 Å². The number of alkyl halides is 1. The molecule has 0 saturated carbocycles. The normalized spacial score (nSPS) is 11.3. The zero-order chi connectivity index (χ0) is 15.1. The molecule has 0 atom stereocenters. The highest BCUT2D eigenvalue weighted by atomic mass is 79.9. The number of hydrogen-bond donors (Lipinski definition) is 0. The second-order valence-corrected chi connectivity index (χ2v) is 6.23. The smallest absolute Gasteiger partial charge is 0.139 e. The van der Waals surface area contributed by atoms with Crippen LogP contribution in [0.4, 0.5) is 4.39 Å². The molecule has 21 heavy (non-hydrogen) atoms. The average molecular weight is 408 g/mol. The Kier molecular flexibility index (Phi) is 4.14. The summed E-state index contributed by atoms with van der Waals surface area (Å²) in [4.78, 5) is 4.41. The monoisotopic (exact) mass is 406 g/mol. The van der Waals surface area contributed by atoms with Crippen LogP contribution in [-0.4, -0.2) is 9.55 Å². The zero-order valence-corrected chi connectivity index (χ0v) is 14.2. The van der Waals surface area contributed by atoms with Crippen molar-refractivity contribution in [1.82, 2.24) is 9.55 Å². The molecule has 0 saturated heterocycles. The highest BCUT2D eigenvalue weighted by Crippen LogP contribution is 2.33. The van der Waals surface area contributed by atoms with Crippen LogP contribution in [0, 0.1) is 5.82 Å². The molecule has 0 amide bonds. The van der Waals surface area contributed by atoms with E-state index >= 15 is 0 Å². The number of nitrogens with zero attached hydrogens (tertiary/aromatic N) is 2. The van der Waals surface area contributed by atoms with Crippen molar-refractivity contribution in [3.05, 3.63) is 56.5 Å². The first kappa shape index (κ1) is 15.1. The number of benzene rings is 2. The first-order valence-electron chi connectivity index (χ1n) is 5.89. The molecule has 2 nitrogen and oxygen atoms in total. The summed E-state index contributed by atoms with van der Waals surface area (Å²) < 4.78 is 15.9. The van der Waals surface area contributed by atoms with Gasteiger partial charge in [-0.25, -0.2) is 9.37 Å². The van der Waals surface area contributed by atoms with Crippen LogP contribution in [0.5, 0.6) is 0 Å². The molecule has 2 aromatic carbocycles. The minimum absolute atomic E-state index is 0.163. The maximum atomic E-state index is 13.9. The Bertz CT molecular complexity index is 848. The molecule has 0 N–H and O–H groups in total. The summed E-state index contributed by atoms with van der Waals surface area (Å²) in [5.41, 5.74) is 1.81. The maximum Gasteiger partial charge on any atom is 0.139 e. The fraction of sp³-hybridized carbons (Fsp3) is 0.0714. The van der Waals surface area contributed by atoms with Gasteiger partial charge in [-0.2, -0.15) is 0 Å². The van der Waals surface area contributed by atoms with Gasteiger partial charge in [-0.15, -0.1) is 11.6 Å². The third kappa shape index (κ3) is 2.55. The Morgan fingerprint density at radius 2 is 2.00 bits per heavy atom. The van der Waals surface area contributed by atoms with Crippen LogP contribution in [0.15, 0.2) is 34.8 Å². The van der Waals surface area contributed by atoms with E-state index in [-0.39, 0.29) is 11.7 Å². The van der Waals surface area contributed by atoms with Gasteiger partial charge in [0.1, 0.15) is 11.6 Å². The highest BCUT2D eigenvalue weighted by Gasteiger charge is 2.17. The maximum absolute atomic E-state index is 13.9. The second kappa shape index (κ2) is 5.76. The molecule has 0 aliphatic rings. The zero-order valence-electron chi connectivity index (χ0n) is 10.4. The molecule has 1 aromatic heterocycles. The highest BCUT2D eigenvalue weighted by molar-refractivity contribution is 9.10. The average Bonchev–Trinajstić information content (AvgIpc) is 2.80. The number of aromatic nitrogens is 2. The molecule has 1 heterocycles. The molecule has 0 bridgehead atoms. The van der Waals surface area contributed by atoms with Crippen LogP contribution in [0.1, 0.15) is 5.82 Å². The second-order valence-electron chi connectivity index (χ2n) is 4.33. The van der Waals surface area contributed by atoms with E-state index in [9.17, 15) is 4.39 Å². The van der Waals surface area contributed by atoms with Gasteiger partial charge in [0, 0.05) is 6.07 Å². The molecule has 0 aliphatic carbocycles. The topological polar surface area (TPSA) is 17.8 Å². The minimum Gasteiger partial charge on any atom is -0.294 e. The van der Waals surface area contributed by atoms with Crippen molar-refractivity contribution < 1.29 is 4.39 Å². The fourth-order valence-electron chi connectivity index (χ4n) is 2.15. The minimum atomic E-state index is -0.386. The van der Waals surface area contributed by atoms with E-state index in [0.717, 1.165) is 0 Å². The van der Waals surface area contributed by atoms with Crippen LogP contribution < -0.4 is 0 Å². The van der Waals surface area contributed by atoms with Crippen LogP contribution in [0.25, 0.3) is 16.7 Å². The predicted molar refractivity (Wildman–Crippen MR) is 88.3 cm³/mol. The van der Waals surface area contributed by atoms with Crippen molar-refractivity contribution >= 4 is 61.8 Å². The SMILES string of the molecule is Fc1cc2c(cc1Br)nc(CCl)n2-c1cccc(Cl)c1Cl. The number of rotatable bonds is 2. The lowest BCUT2D eigenvalue weighted by Crippen LogP contribution is -2.00. The Labute approximate surface area is 143 Å². The van der Waals surface area contributed by atoms with E-state index < -0.39 is 0 Å². The van der Waals surface area contributed by atoms with Crippen molar-refractivity contribution in [2.45, 2.75) is 5.88 Å². The Morgan fingerprint density at radius 3 is 2.71 bits per heavy atom. The standard InChI is InChI=1S/C14H7BrCl3FN2/c15-7-4-10-12(5-9(7)19)21(13(6-16)20-10)11-3-1-2-8(17)14(11)18/h1-5H,6H2.